The van der Waals surface area contributed by atoms with Crippen LogP contribution < -0.4 is 5.32 Å². The molecule has 0 aromatic heterocycles. The van der Waals surface area contributed by atoms with Crippen molar-refractivity contribution in [2.24, 2.45) is 10.9 Å². The van der Waals surface area contributed by atoms with Gasteiger partial charge in [0, 0.05) is 0 Å². The van der Waals surface area contributed by atoms with Gasteiger partial charge in [0.1, 0.15) is 0 Å². The van der Waals surface area contributed by atoms with Gasteiger partial charge in [0.2, 0.25) is 0 Å². The van der Waals surface area contributed by atoms with Gasteiger partial charge in [0.25, 0.3) is 0 Å². The van der Waals surface area contributed by atoms with E-state index in [1.165, 1.54) is 7.11 Å². The summed E-state index contributed by atoms with van der Waals surface area (Å²) < 4.78 is 10.8. The standard InChI is InChI=1S/C24H29N2O4Se/c1-17(2)14-20(26-24(28)30-16-19-12-8-5-9-13-19)22(31)25-21(23(27)29-3)15-18-10-6-4-7-11-18/h4-13,17,20-21H,14-16H2,1-3H3,(H,26,28)/t20-,21-/m0/s1. The zero-order valence-corrected chi connectivity index (χ0v) is 19.8. The van der Waals surface area contributed by atoms with E-state index in [0.29, 0.717) is 23.4 Å². The van der Waals surface area contributed by atoms with Crippen LogP contribution in [0, 0.1) is 5.92 Å². The third kappa shape index (κ3) is 8.95. The third-order valence-electron chi connectivity index (χ3n) is 4.54. The van der Waals surface area contributed by atoms with E-state index in [2.05, 4.69) is 40.2 Å². The fourth-order valence-electron chi connectivity index (χ4n) is 3.00. The van der Waals surface area contributed by atoms with E-state index in [1.54, 1.807) is 0 Å². The van der Waals surface area contributed by atoms with E-state index < -0.39 is 24.1 Å². The first kappa shape index (κ1) is 24.6. The Morgan fingerprint density at radius 2 is 1.58 bits per heavy atom. The molecule has 0 spiro atoms. The predicted octanol–water partition coefficient (Wildman–Crippen LogP) is 3.68. The summed E-state index contributed by atoms with van der Waals surface area (Å²) in [6, 6.07) is 18.0. The number of amides is 1. The number of alkyl carbamates (subject to hydrolysis) is 1. The van der Waals surface area contributed by atoms with Crippen LogP contribution in [0.2, 0.25) is 0 Å². The molecule has 165 valence electrons. The first-order valence-electron chi connectivity index (χ1n) is 10.2. The molecule has 0 aliphatic carbocycles. The first-order valence-corrected chi connectivity index (χ1v) is 11.1. The monoisotopic (exact) mass is 489 g/mol. The summed E-state index contributed by atoms with van der Waals surface area (Å²) in [7, 11) is 1.35. The summed E-state index contributed by atoms with van der Waals surface area (Å²) in [5.74, 6) is -0.129. The number of methoxy groups -OCH3 is 1. The number of nitrogens with one attached hydrogen (secondary N) is 1. The molecule has 31 heavy (non-hydrogen) atoms. The summed E-state index contributed by atoms with van der Waals surface area (Å²) in [5.41, 5.74) is 1.88. The molecule has 2 aromatic rings. The molecule has 0 bridgehead atoms. The van der Waals surface area contributed by atoms with Gasteiger partial charge in [-0.25, -0.2) is 0 Å². The van der Waals surface area contributed by atoms with E-state index in [-0.39, 0.29) is 6.61 Å². The summed E-state index contributed by atoms with van der Waals surface area (Å²) in [6.45, 7) is 4.29. The maximum absolute atomic E-state index is 12.4. The summed E-state index contributed by atoms with van der Waals surface area (Å²) >= 11 is 2.93. The average molecular weight is 488 g/mol. The van der Waals surface area contributed by atoms with Crippen LogP contribution in [0.1, 0.15) is 31.4 Å². The van der Waals surface area contributed by atoms with Gasteiger partial charge in [0.15, 0.2) is 0 Å². The van der Waals surface area contributed by atoms with Gasteiger partial charge in [-0.05, 0) is 0 Å². The Hall–Kier alpha value is -2.63. The van der Waals surface area contributed by atoms with Crippen LogP contribution in [-0.4, -0.2) is 51.9 Å². The number of carbonyl (C=O) groups excluding carboxylic acids is 2. The normalized spacial score (nSPS) is 13.4. The average Bonchev–Trinajstić information content (AvgIpc) is 2.77. The molecule has 0 saturated carbocycles. The van der Waals surface area contributed by atoms with Crippen LogP contribution in [0.5, 0.6) is 0 Å². The van der Waals surface area contributed by atoms with Crippen molar-refractivity contribution in [3.8, 4) is 0 Å². The van der Waals surface area contributed by atoms with Crippen molar-refractivity contribution in [3.05, 3.63) is 71.8 Å². The van der Waals surface area contributed by atoms with Crippen molar-refractivity contribution in [1.82, 2.24) is 5.32 Å². The maximum atomic E-state index is 12.4. The molecule has 0 saturated heterocycles. The predicted molar refractivity (Wildman–Crippen MR) is 122 cm³/mol. The van der Waals surface area contributed by atoms with Gasteiger partial charge in [-0.3, -0.25) is 0 Å². The second kappa shape index (κ2) is 12.9. The topological polar surface area (TPSA) is 77.0 Å². The van der Waals surface area contributed by atoms with Crippen LogP contribution in [0.25, 0.3) is 0 Å². The Bertz CT molecular complexity index is 856. The Balaban J connectivity index is 2.10. The first-order chi connectivity index (χ1) is 14.9. The van der Waals surface area contributed by atoms with Crippen molar-refractivity contribution in [1.29, 1.82) is 0 Å². The van der Waals surface area contributed by atoms with Crippen molar-refractivity contribution < 1.29 is 19.1 Å². The summed E-state index contributed by atoms with van der Waals surface area (Å²) in [4.78, 5) is 29.3. The van der Waals surface area contributed by atoms with Gasteiger partial charge < -0.3 is 0 Å². The summed E-state index contributed by atoms with van der Waals surface area (Å²) in [5, 5.41) is 2.87. The molecule has 0 aliphatic heterocycles. The number of benzene rings is 2. The number of hydrogen-bond donors (Lipinski definition) is 1. The zero-order valence-electron chi connectivity index (χ0n) is 18.1. The van der Waals surface area contributed by atoms with Crippen molar-refractivity contribution in [2.75, 3.05) is 7.11 Å². The molecule has 1 radical (unpaired) electrons. The van der Waals surface area contributed by atoms with Gasteiger partial charge in [-0.2, -0.15) is 0 Å². The Kier molecular flexibility index (Phi) is 10.3. The second-order valence-corrected chi connectivity index (χ2v) is 8.46. The third-order valence-corrected chi connectivity index (χ3v) is 5.36. The molecular formula is C24H29N2O4Se. The molecule has 0 unspecified atom stereocenters. The summed E-state index contributed by atoms with van der Waals surface area (Å²) in [6.07, 6.45) is 0.520. The number of aliphatic imine (C=N–C) groups is 1. The quantitative estimate of drug-likeness (QED) is 0.315. The van der Waals surface area contributed by atoms with E-state index >= 15 is 0 Å². The molecule has 2 rings (SSSR count). The molecule has 0 heterocycles. The zero-order chi connectivity index (χ0) is 22.6. The molecule has 2 aromatic carbocycles. The number of rotatable bonds is 10. The molecule has 1 N–H and O–H groups in total. The van der Waals surface area contributed by atoms with Crippen LogP contribution in [0.4, 0.5) is 4.79 Å². The SMILES string of the molecule is COC(=O)[C@H](Cc1ccccc1)N=C([Se])[C@H](CC(C)C)NC(=O)OCc1ccccc1. The van der Waals surface area contributed by atoms with E-state index in [0.717, 1.165) is 11.1 Å². The molecule has 2 atom stereocenters. The van der Waals surface area contributed by atoms with E-state index in [4.69, 9.17) is 9.47 Å². The molecule has 0 aliphatic rings. The number of esters is 1. The van der Waals surface area contributed by atoms with E-state index in [1.807, 2.05) is 60.7 Å². The molecule has 7 heteroatoms. The van der Waals surface area contributed by atoms with Gasteiger partial charge in [0.05, 0.1) is 0 Å². The van der Waals surface area contributed by atoms with Crippen molar-refractivity contribution in [3.63, 3.8) is 0 Å². The number of ether oxygens (including phenoxy) is 2. The Morgan fingerprint density at radius 3 is 2.13 bits per heavy atom. The molecule has 0 fully saturated rings. The fourth-order valence-corrected chi connectivity index (χ4v) is 3.59. The second-order valence-electron chi connectivity index (χ2n) is 7.58. The van der Waals surface area contributed by atoms with Crippen LogP contribution in [-0.2, 0) is 27.3 Å². The van der Waals surface area contributed by atoms with Crippen molar-refractivity contribution >= 4 is 32.7 Å². The van der Waals surface area contributed by atoms with E-state index in [9.17, 15) is 9.59 Å². The van der Waals surface area contributed by atoms with Gasteiger partial charge >= 0.3 is 192 Å². The number of carbonyl (C=O) groups is 2. The molecular weight excluding hydrogens is 459 g/mol. The Morgan fingerprint density at radius 1 is 1.00 bits per heavy atom. The molecule has 6 nitrogen and oxygen atoms in total. The minimum absolute atomic E-state index is 0.180. The Labute approximate surface area is 192 Å². The number of hydrogen-bond acceptors (Lipinski definition) is 5. The minimum atomic E-state index is -0.708. The molecule has 1 amide bonds. The fraction of sp³-hybridized carbons (Fsp3) is 0.375. The van der Waals surface area contributed by atoms with Gasteiger partial charge in [-0.15, -0.1) is 0 Å². The van der Waals surface area contributed by atoms with Crippen molar-refractivity contribution in [2.45, 2.75) is 45.4 Å². The van der Waals surface area contributed by atoms with Gasteiger partial charge in [-0.1, -0.05) is 0 Å². The van der Waals surface area contributed by atoms with Crippen LogP contribution >= 0.6 is 0 Å². The van der Waals surface area contributed by atoms with Crippen LogP contribution in [0.3, 0.4) is 0 Å². The number of nitrogens with zero attached hydrogens (tertiary/aromatic N) is 1. The van der Waals surface area contributed by atoms with Crippen LogP contribution in [0.15, 0.2) is 65.7 Å².